The first-order valence-electron chi connectivity index (χ1n) is 6.86. The number of hydrogen-bond acceptors (Lipinski definition) is 3. The Morgan fingerprint density at radius 3 is 2.57 bits per heavy atom. The molecule has 1 aromatic heterocycles. The minimum absolute atomic E-state index is 0.234. The van der Waals surface area contributed by atoms with Gasteiger partial charge in [0.1, 0.15) is 5.82 Å². The first-order valence-corrected chi connectivity index (χ1v) is 6.86. The molecule has 0 unspecified atom stereocenters. The highest BCUT2D eigenvalue weighted by Crippen LogP contribution is 2.31. The Hall–Kier alpha value is -2.62. The van der Waals surface area contributed by atoms with Crippen LogP contribution in [0.3, 0.4) is 0 Å². The summed E-state index contributed by atoms with van der Waals surface area (Å²) in [6, 6.07) is 14.2. The van der Waals surface area contributed by atoms with Crippen LogP contribution in [-0.4, -0.2) is 11.5 Å². The van der Waals surface area contributed by atoms with E-state index in [1.165, 1.54) is 12.1 Å². The molecule has 3 rings (SSSR count). The molecule has 3 nitrogen and oxygen atoms in total. The summed E-state index contributed by atoms with van der Waals surface area (Å²) >= 11 is 0. The van der Waals surface area contributed by atoms with Gasteiger partial charge in [0.15, 0.2) is 0 Å². The van der Waals surface area contributed by atoms with E-state index in [-0.39, 0.29) is 5.82 Å². The zero-order chi connectivity index (χ0) is 14.8. The zero-order valence-electron chi connectivity index (χ0n) is 11.8. The average molecular weight is 281 g/mol. The molecule has 1 heterocycles. The summed E-state index contributed by atoms with van der Waals surface area (Å²) in [7, 11) is 0. The van der Waals surface area contributed by atoms with Crippen LogP contribution in [0.4, 0.5) is 21.5 Å². The number of halogens is 1. The predicted molar refractivity (Wildman–Crippen MR) is 85.2 cm³/mol. The first-order chi connectivity index (χ1) is 10.2. The standard InChI is InChI=1S/C17H16FN3/c1-2-21(14-6-3-12(18)4-7-14)17-9-10-20-16-11-13(19)5-8-15(16)17/h3-11H,2,19H2,1H3. The molecule has 3 aromatic rings. The van der Waals surface area contributed by atoms with Gasteiger partial charge in [-0.3, -0.25) is 4.98 Å². The number of pyridine rings is 1. The Morgan fingerprint density at radius 2 is 1.86 bits per heavy atom. The molecular weight excluding hydrogens is 265 g/mol. The van der Waals surface area contributed by atoms with E-state index >= 15 is 0 Å². The van der Waals surface area contributed by atoms with Crippen molar-refractivity contribution in [1.29, 1.82) is 0 Å². The molecule has 0 aliphatic rings. The molecule has 21 heavy (non-hydrogen) atoms. The molecular formula is C17H16FN3. The van der Waals surface area contributed by atoms with Crippen LogP contribution in [0.1, 0.15) is 6.92 Å². The summed E-state index contributed by atoms with van der Waals surface area (Å²) in [6.45, 7) is 2.84. The number of anilines is 3. The first kappa shape index (κ1) is 13.4. The van der Waals surface area contributed by atoms with Crippen molar-refractivity contribution in [1.82, 2.24) is 4.98 Å². The van der Waals surface area contributed by atoms with Crippen molar-refractivity contribution in [2.45, 2.75) is 6.92 Å². The second kappa shape index (κ2) is 5.40. The highest BCUT2D eigenvalue weighted by atomic mass is 19.1. The molecule has 0 aliphatic carbocycles. The third-order valence-corrected chi connectivity index (χ3v) is 3.49. The summed E-state index contributed by atoms with van der Waals surface area (Å²) in [5, 5.41) is 1.03. The van der Waals surface area contributed by atoms with Crippen molar-refractivity contribution >= 4 is 28.0 Å². The molecule has 0 atom stereocenters. The van der Waals surface area contributed by atoms with Gasteiger partial charge in [-0.15, -0.1) is 0 Å². The molecule has 0 fully saturated rings. The molecule has 2 N–H and O–H groups in total. The van der Waals surface area contributed by atoms with Crippen LogP contribution in [-0.2, 0) is 0 Å². The smallest absolute Gasteiger partial charge is 0.123 e. The van der Waals surface area contributed by atoms with Crippen LogP contribution in [0.5, 0.6) is 0 Å². The fourth-order valence-corrected chi connectivity index (χ4v) is 2.50. The van der Waals surface area contributed by atoms with E-state index in [4.69, 9.17) is 5.73 Å². The van der Waals surface area contributed by atoms with E-state index in [1.54, 1.807) is 18.3 Å². The monoisotopic (exact) mass is 281 g/mol. The Labute approximate surface area is 122 Å². The van der Waals surface area contributed by atoms with Gasteiger partial charge in [0.25, 0.3) is 0 Å². The van der Waals surface area contributed by atoms with Crippen molar-refractivity contribution in [3.8, 4) is 0 Å². The Balaban J connectivity index is 2.15. The van der Waals surface area contributed by atoms with Crippen LogP contribution >= 0.6 is 0 Å². The van der Waals surface area contributed by atoms with Gasteiger partial charge in [0.05, 0.1) is 11.2 Å². The fraction of sp³-hybridized carbons (Fsp3) is 0.118. The molecule has 0 bridgehead atoms. The highest BCUT2D eigenvalue weighted by Gasteiger charge is 2.11. The van der Waals surface area contributed by atoms with Crippen molar-refractivity contribution in [3.05, 3.63) is 60.5 Å². The van der Waals surface area contributed by atoms with Crippen LogP contribution < -0.4 is 10.6 Å². The molecule has 0 aliphatic heterocycles. The summed E-state index contributed by atoms with van der Waals surface area (Å²) in [5.74, 6) is -0.234. The second-order valence-corrected chi connectivity index (χ2v) is 4.83. The summed E-state index contributed by atoms with van der Waals surface area (Å²) in [5.41, 5.74) is 9.35. The van der Waals surface area contributed by atoms with Gasteiger partial charge in [-0.05, 0) is 55.5 Å². The number of fused-ring (bicyclic) bond motifs is 1. The quantitative estimate of drug-likeness (QED) is 0.734. The van der Waals surface area contributed by atoms with Gasteiger partial charge >= 0.3 is 0 Å². The van der Waals surface area contributed by atoms with Gasteiger partial charge in [0, 0.05) is 29.5 Å². The fourth-order valence-electron chi connectivity index (χ4n) is 2.50. The van der Waals surface area contributed by atoms with E-state index in [0.29, 0.717) is 5.69 Å². The molecule has 0 amide bonds. The van der Waals surface area contributed by atoms with Gasteiger partial charge < -0.3 is 10.6 Å². The number of aromatic nitrogens is 1. The Bertz CT molecular complexity index is 769. The van der Waals surface area contributed by atoms with Gasteiger partial charge in [-0.25, -0.2) is 4.39 Å². The average Bonchev–Trinajstić information content (AvgIpc) is 2.49. The topological polar surface area (TPSA) is 42.2 Å². The van der Waals surface area contributed by atoms with Crippen molar-refractivity contribution in [2.24, 2.45) is 0 Å². The highest BCUT2D eigenvalue weighted by molar-refractivity contribution is 5.95. The maximum absolute atomic E-state index is 13.1. The zero-order valence-corrected chi connectivity index (χ0v) is 11.8. The SMILES string of the molecule is CCN(c1ccc(F)cc1)c1ccnc2cc(N)ccc12. The molecule has 4 heteroatoms. The maximum atomic E-state index is 13.1. The lowest BCUT2D eigenvalue weighted by Gasteiger charge is -2.24. The number of nitrogens with two attached hydrogens (primary N) is 1. The number of rotatable bonds is 3. The maximum Gasteiger partial charge on any atom is 0.123 e. The van der Waals surface area contributed by atoms with Crippen molar-refractivity contribution < 1.29 is 4.39 Å². The van der Waals surface area contributed by atoms with Gasteiger partial charge in [-0.1, -0.05) is 0 Å². The minimum atomic E-state index is -0.234. The Kier molecular flexibility index (Phi) is 3.44. The van der Waals surface area contributed by atoms with E-state index in [0.717, 1.165) is 28.8 Å². The van der Waals surface area contributed by atoms with Crippen LogP contribution in [0.2, 0.25) is 0 Å². The van der Waals surface area contributed by atoms with Crippen LogP contribution in [0.25, 0.3) is 10.9 Å². The van der Waals surface area contributed by atoms with Crippen molar-refractivity contribution in [2.75, 3.05) is 17.2 Å². The molecule has 2 aromatic carbocycles. The lowest BCUT2D eigenvalue weighted by molar-refractivity contribution is 0.628. The molecule has 0 saturated heterocycles. The molecule has 0 saturated carbocycles. The number of benzene rings is 2. The van der Waals surface area contributed by atoms with Crippen molar-refractivity contribution in [3.63, 3.8) is 0 Å². The summed E-state index contributed by atoms with van der Waals surface area (Å²) in [6.07, 6.45) is 1.77. The largest absolute Gasteiger partial charge is 0.399 e. The van der Waals surface area contributed by atoms with Gasteiger partial charge in [-0.2, -0.15) is 0 Å². The predicted octanol–water partition coefficient (Wildman–Crippen LogP) is 4.11. The number of nitrogens with zero attached hydrogens (tertiary/aromatic N) is 2. The normalized spacial score (nSPS) is 10.8. The van der Waals surface area contributed by atoms with Gasteiger partial charge in [0.2, 0.25) is 0 Å². The lowest BCUT2D eigenvalue weighted by Crippen LogP contribution is -2.16. The number of hydrogen-bond donors (Lipinski definition) is 1. The lowest BCUT2D eigenvalue weighted by atomic mass is 10.1. The molecule has 0 spiro atoms. The van der Waals surface area contributed by atoms with Crippen LogP contribution in [0.15, 0.2) is 54.7 Å². The summed E-state index contributed by atoms with van der Waals surface area (Å²) in [4.78, 5) is 6.49. The van der Waals surface area contributed by atoms with E-state index in [1.807, 2.05) is 24.3 Å². The second-order valence-electron chi connectivity index (χ2n) is 4.83. The molecule has 0 radical (unpaired) electrons. The van der Waals surface area contributed by atoms with Crippen LogP contribution in [0, 0.1) is 5.82 Å². The van der Waals surface area contributed by atoms with E-state index in [2.05, 4.69) is 16.8 Å². The third-order valence-electron chi connectivity index (χ3n) is 3.49. The third kappa shape index (κ3) is 2.52. The number of nitrogen functional groups attached to an aromatic ring is 1. The Morgan fingerprint density at radius 1 is 1.10 bits per heavy atom. The van der Waals surface area contributed by atoms with E-state index in [9.17, 15) is 4.39 Å². The molecule has 106 valence electrons. The van der Waals surface area contributed by atoms with E-state index < -0.39 is 0 Å². The summed E-state index contributed by atoms with van der Waals surface area (Å²) < 4.78 is 13.1. The minimum Gasteiger partial charge on any atom is -0.399 e.